The molecule has 1 N–H and O–H groups in total. The van der Waals surface area contributed by atoms with Crippen LogP contribution in [-0.4, -0.2) is 62.5 Å². The lowest BCUT2D eigenvalue weighted by molar-refractivity contribution is 0.249. The Morgan fingerprint density at radius 1 is 1.00 bits per heavy atom. The molecule has 0 unspecified atom stereocenters. The fourth-order valence-corrected chi connectivity index (χ4v) is 3.94. The van der Waals surface area contributed by atoms with Gasteiger partial charge in [-0.1, -0.05) is 24.3 Å². The van der Waals surface area contributed by atoms with Gasteiger partial charge in [0, 0.05) is 75.6 Å². The first-order chi connectivity index (χ1) is 14.7. The summed E-state index contributed by atoms with van der Waals surface area (Å²) in [5, 5.41) is 13.4. The molecule has 0 aliphatic carbocycles. The zero-order valence-corrected chi connectivity index (χ0v) is 19.1. The number of piperazine rings is 1. The van der Waals surface area contributed by atoms with E-state index in [4.69, 9.17) is 5.11 Å². The molecule has 1 fully saturated rings. The Hall–Kier alpha value is -2.48. The second kappa shape index (κ2) is 10.7. The van der Waals surface area contributed by atoms with Crippen molar-refractivity contribution in [2.24, 2.45) is 7.05 Å². The predicted molar refractivity (Wildman–Crippen MR) is 126 cm³/mol. The Bertz CT molecular complexity index is 966. The number of aryl methyl sites for hydroxylation is 2. The van der Waals surface area contributed by atoms with Crippen molar-refractivity contribution in [3.63, 3.8) is 0 Å². The molecule has 1 aliphatic heterocycles. The van der Waals surface area contributed by atoms with Crippen LogP contribution in [0.15, 0.2) is 42.9 Å². The second-order valence-electron chi connectivity index (χ2n) is 7.89. The van der Waals surface area contributed by atoms with E-state index in [0.29, 0.717) is 0 Å². The van der Waals surface area contributed by atoms with E-state index in [9.17, 15) is 0 Å². The van der Waals surface area contributed by atoms with E-state index in [1.807, 2.05) is 17.9 Å². The van der Waals surface area contributed by atoms with Gasteiger partial charge in [0.1, 0.15) is 5.69 Å². The number of nitrogens with zero attached hydrogens (tertiary/aromatic N) is 6. The lowest BCUT2D eigenvalue weighted by Crippen LogP contribution is -2.46. The summed E-state index contributed by atoms with van der Waals surface area (Å²) < 4.78 is 1.94. The van der Waals surface area contributed by atoms with Crippen molar-refractivity contribution in [3.8, 4) is 11.3 Å². The highest BCUT2D eigenvalue weighted by molar-refractivity contribution is 5.85. The molecule has 1 aliphatic rings. The molecule has 0 bridgehead atoms. The normalized spacial score (nSPS) is 14.5. The standard InChI is InChI=1S/C23H30N6O.ClH/c1-18-21(16-26-27(18)2)17-28-11-13-29(14-12-28)23-22(24-9-10-25-23)20-7-5-19(6-8-20)4-3-15-30;/h5-10,16,30H,3-4,11-15,17H2,1-2H3;1H. The smallest absolute Gasteiger partial charge is 0.155 e. The van der Waals surface area contributed by atoms with Gasteiger partial charge in [-0.2, -0.15) is 5.10 Å². The third-order valence-electron chi connectivity index (χ3n) is 5.93. The summed E-state index contributed by atoms with van der Waals surface area (Å²) in [6, 6.07) is 8.47. The molecule has 0 atom stereocenters. The van der Waals surface area contributed by atoms with Crippen LogP contribution in [-0.2, 0) is 20.0 Å². The van der Waals surface area contributed by atoms with Gasteiger partial charge in [0.15, 0.2) is 5.82 Å². The highest BCUT2D eigenvalue weighted by atomic mass is 35.5. The van der Waals surface area contributed by atoms with Crippen molar-refractivity contribution < 1.29 is 5.11 Å². The van der Waals surface area contributed by atoms with Crippen molar-refractivity contribution in [2.45, 2.75) is 26.3 Å². The first-order valence-corrected chi connectivity index (χ1v) is 10.6. The van der Waals surface area contributed by atoms with Gasteiger partial charge < -0.3 is 10.0 Å². The average molecular weight is 443 g/mol. The average Bonchev–Trinajstić information content (AvgIpc) is 3.11. The summed E-state index contributed by atoms with van der Waals surface area (Å²) in [6.45, 7) is 7.13. The van der Waals surface area contributed by atoms with Crippen molar-refractivity contribution in [1.29, 1.82) is 0 Å². The molecule has 4 rings (SSSR count). The third-order valence-corrected chi connectivity index (χ3v) is 5.93. The fourth-order valence-electron chi connectivity index (χ4n) is 3.94. The molecular formula is C23H31ClN6O. The molecule has 7 nitrogen and oxygen atoms in total. The van der Waals surface area contributed by atoms with Crippen LogP contribution < -0.4 is 4.90 Å². The molecule has 0 spiro atoms. The van der Waals surface area contributed by atoms with Crippen LogP contribution >= 0.6 is 12.4 Å². The Balaban J connectivity index is 0.00000272. The molecule has 0 radical (unpaired) electrons. The highest BCUT2D eigenvalue weighted by Crippen LogP contribution is 2.28. The minimum atomic E-state index is 0. The van der Waals surface area contributed by atoms with Crippen molar-refractivity contribution in [2.75, 3.05) is 37.7 Å². The molecule has 3 aromatic rings. The first-order valence-electron chi connectivity index (χ1n) is 10.6. The summed E-state index contributed by atoms with van der Waals surface area (Å²) in [5.41, 5.74) is 5.78. The van der Waals surface area contributed by atoms with Gasteiger partial charge in [-0.3, -0.25) is 14.6 Å². The number of halogens is 1. The van der Waals surface area contributed by atoms with E-state index in [2.05, 4.69) is 56.1 Å². The maximum Gasteiger partial charge on any atom is 0.155 e. The van der Waals surface area contributed by atoms with Crippen molar-refractivity contribution in [3.05, 3.63) is 59.7 Å². The zero-order valence-electron chi connectivity index (χ0n) is 18.2. The van der Waals surface area contributed by atoms with E-state index in [1.165, 1.54) is 16.8 Å². The summed E-state index contributed by atoms with van der Waals surface area (Å²) >= 11 is 0. The van der Waals surface area contributed by atoms with Gasteiger partial charge in [0.25, 0.3) is 0 Å². The molecule has 166 valence electrons. The number of hydrogen-bond donors (Lipinski definition) is 1. The van der Waals surface area contributed by atoms with Crippen LogP contribution in [0.1, 0.15) is 23.2 Å². The Morgan fingerprint density at radius 2 is 1.71 bits per heavy atom. The summed E-state index contributed by atoms with van der Waals surface area (Å²) in [5.74, 6) is 0.956. The van der Waals surface area contributed by atoms with Gasteiger partial charge >= 0.3 is 0 Å². The second-order valence-corrected chi connectivity index (χ2v) is 7.89. The van der Waals surface area contributed by atoms with Gasteiger partial charge in [-0.15, -0.1) is 12.4 Å². The number of aromatic nitrogens is 4. The molecule has 0 saturated carbocycles. The lowest BCUT2D eigenvalue weighted by Gasteiger charge is -2.35. The Kier molecular flexibility index (Phi) is 8.01. The maximum absolute atomic E-state index is 9.03. The SMILES string of the molecule is Cc1c(CN2CCN(c3nccnc3-c3ccc(CCCO)cc3)CC2)cnn1C.Cl. The zero-order chi connectivity index (χ0) is 20.9. The number of benzene rings is 1. The minimum absolute atomic E-state index is 0. The summed E-state index contributed by atoms with van der Waals surface area (Å²) in [4.78, 5) is 14.1. The van der Waals surface area contributed by atoms with Crippen molar-refractivity contribution in [1.82, 2.24) is 24.6 Å². The third kappa shape index (κ3) is 5.42. The van der Waals surface area contributed by atoms with Gasteiger partial charge in [-0.05, 0) is 25.3 Å². The Labute approximate surface area is 190 Å². The van der Waals surface area contributed by atoms with Gasteiger partial charge in [0.2, 0.25) is 0 Å². The van der Waals surface area contributed by atoms with E-state index in [1.54, 1.807) is 12.4 Å². The highest BCUT2D eigenvalue weighted by Gasteiger charge is 2.22. The van der Waals surface area contributed by atoms with Crippen LogP contribution in [0.2, 0.25) is 0 Å². The summed E-state index contributed by atoms with van der Waals surface area (Å²) in [7, 11) is 1.99. The van der Waals surface area contributed by atoms with Crippen LogP contribution in [0.4, 0.5) is 5.82 Å². The van der Waals surface area contributed by atoms with E-state index in [0.717, 1.165) is 62.6 Å². The molecule has 2 aromatic heterocycles. The van der Waals surface area contributed by atoms with Crippen molar-refractivity contribution >= 4 is 18.2 Å². The Morgan fingerprint density at radius 3 is 2.35 bits per heavy atom. The quantitative estimate of drug-likeness (QED) is 0.606. The topological polar surface area (TPSA) is 70.3 Å². The van der Waals surface area contributed by atoms with Gasteiger partial charge in [-0.25, -0.2) is 4.98 Å². The van der Waals surface area contributed by atoms with Crippen LogP contribution in [0, 0.1) is 6.92 Å². The molecule has 0 amide bonds. The molecule has 31 heavy (non-hydrogen) atoms. The fraction of sp³-hybridized carbons (Fsp3) is 0.435. The monoisotopic (exact) mass is 442 g/mol. The number of rotatable bonds is 7. The van der Waals surface area contributed by atoms with E-state index in [-0.39, 0.29) is 19.0 Å². The van der Waals surface area contributed by atoms with Gasteiger partial charge in [0.05, 0.1) is 6.20 Å². The number of aliphatic hydroxyl groups is 1. The first kappa shape index (κ1) is 23.2. The van der Waals surface area contributed by atoms with Crippen LogP contribution in [0.5, 0.6) is 0 Å². The van der Waals surface area contributed by atoms with Crippen LogP contribution in [0.25, 0.3) is 11.3 Å². The molecular weight excluding hydrogens is 412 g/mol. The lowest BCUT2D eigenvalue weighted by atomic mass is 10.1. The molecule has 1 aromatic carbocycles. The van der Waals surface area contributed by atoms with E-state index >= 15 is 0 Å². The maximum atomic E-state index is 9.03. The summed E-state index contributed by atoms with van der Waals surface area (Å²) in [6.07, 6.45) is 7.20. The predicted octanol–water partition coefficient (Wildman–Crippen LogP) is 2.85. The molecule has 1 saturated heterocycles. The molecule has 3 heterocycles. The number of hydrogen-bond acceptors (Lipinski definition) is 6. The van der Waals surface area contributed by atoms with E-state index < -0.39 is 0 Å². The number of aliphatic hydroxyl groups excluding tert-OH is 1. The minimum Gasteiger partial charge on any atom is -0.396 e. The number of anilines is 1. The van der Waals surface area contributed by atoms with Crippen LogP contribution in [0.3, 0.4) is 0 Å². The largest absolute Gasteiger partial charge is 0.396 e. The molecule has 8 heteroatoms.